The standard InChI is InChI=1S/C14H21N3O2S/c1-3-19-13(18)8-4-7-12-14(16-20-15-12)11-6-5-9-17(2)10-11/h6H,3-5,7-10H2,1-2H3. The SMILES string of the molecule is CCOC(=O)CCCc1nsnc1C1=CCCN(C)C1. The molecule has 0 N–H and O–H groups in total. The van der Waals surface area contributed by atoms with E-state index in [2.05, 4.69) is 26.8 Å². The van der Waals surface area contributed by atoms with Gasteiger partial charge in [-0.05, 0) is 38.8 Å². The lowest BCUT2D eigenvalue weighted by molar-refractivity contribution is -0.143. The van der Waals surface area contributed by atoms with Crippen LogP contribution < -0.4 is 0 Å². The number of likely N-dealkylation sites (N-methyl/N-ethyl adjacent to an activating group) is 1. The lowest BCUT2D eigenvalue weighted by Crippen LogP contribution is -2.25. The lowest BCUT2D eigenvalue weighted by Gasteiger charge is -2.22. The lowest BCUT2D eigenvalue weighted by atomic mass is 10.0. The number of hydrogen-bond donors (Lipinski definition) is 0. The number of hydrogen-bond acceptors (Lipinski definition) is 6. The largest absolute Gasteiger partial charge is 0.466 e. The van der Waals surface area contributed by atoms with Crippen LogP contribution in [0.4, 0.5) is 0 Å². The molecule has 0 unspecified atom stereocenters. The van der Waals surface area contributed by atoms with Crippen LogP contribution >= 0.6 is 11.7 Å². The number of esters is 1. The molecule has 6 heteroatoms. The van der Waals surface area contributed by atoms with Crippen molar-refractivity contribution in [3.05, 3.63) is 17.5 Å². The molecule has 0 atom stereocenters. The van der Waals surface area contributed by atoms with Crippen LogP contribution in [0, 0.1) is 0 Å². The second-order valence-corrected chi connectivity index (χ2v) is 5.50. The van der Waals surface area contributed by atoms with Crippen LogP contribution in [-0.2, 0) is 16.0 Å². The van der Waals surface area contributed by atoms with Gasteiger partial charge in [-0.15, -0.1) is 0 Å². The fraction of sp³-hybridized carbons (Fsp3) is 0.643. The van der Waals surface area contributed by atoms with E-state index in [4.69, 9.17) is 4.74 Å². The molecule has 0 spiro atoms. The first-order chi connectivity index (χ1) is 9.70. The number of ether oxygens (including phenoxy) is 1. The third kappa shape index (κ3) is 4.11. The Morgan fingerprint density at radius 3 is 3.10 bits per heavy atom. The first-order valence-electron chi connectivity index (χ1n) is 7.05. The maximum atomic E-state index is 11.3. The highest BCUT2D eigenvalue weighted by molar-refractivity contribution is 6.99. The average Bonchev–Trinajstić information content (AvgIpc) is 2.87. The molecule has 0 aromatic carbocycles. The van der Waals surface area contributed by atoms with Crippen LogP contribution in [0.3, 0.4) is 0 Å². The van der Waals surface area contributed by atoms with Crippen molar-refractivity contribution in [3.63, 3.8) is 0 Å². The van der Waals surface area contributed by atoms with Gasteiger partial charge < -0.3 is 9.64 Å². The molecular weight excluding hydrogens is 274 g/mol. The maximum absolute atomic E-state index is 11.3. The minimum absolute atomic E-state index is 0.131. The predicted octanol–water partition coefficient (Wildman–Crippen LogP) is 2.14. The zero-order valence-electron chi connectivity index (χ0n) is 12.1. The summed E-state index contributed by atoms with van der Waals surface area (Å²) in [6.07, 6.45) is 5.31. The molecular formula is C14H21N3O2S. The van der Waals surface area contributed by atoms with Crippen LogP contribution in [0.15, 0.2) is 6.08 Å². The average molecular weight is 295 g/mol. The van der Waals surface area contributed by atoms with Gasteiger partial charge in [0.15, 0.2) is 0 Å². The molecule has 0 saturated heterocycles. The van der Waals surface area contributed by atoms with E-state index in [1.807, 2.05) is 6.92 Å². The molecule has 0 bridgehead atoms. The van der Waals surface area contributed by atoms with Gasteiger partial charge in [-0.1, -0.05) is 6.08 Å². The highest BCUT2D eigenvalue weighted by Gasteiger charge is 2.17. The normalized spacial score (nSPS) is 16.0. The molecule has 1 aliphatic rings. The Kier molecular flexibility index (Phi) is 5.67. The summed E-state index contributed by atoms with van der Waals surface area (Å²) < 4.78 is 13.7. The Morgan fingerprint density at radius 2 is 2.35 bits per heavy atom. The van der Waals surface area contributed by atoms with E-state index in [0.29, 0.717) is 13.0 Å². The number of carbonyl (C=O) groups excluding carboxylic acids is 1. The van der Waals surface area contributed by atoms with E-state index < -0.39 is 0 Å². The van der Waals surface area contributed by atoms with Crippen molar-refractivity contribution in [3.8, 4) is 0 Å². The molecule has 1 aromatic heterocycles. The van der Waals surface area contributed by atoms with Gasteiger partial charge in [-0.2, -0.15) is 8.75 Å². The summed E-state index contributed by atoms with van der Waals surface area (Å²) in [7, 11) is 2.12. The Morgan fingerprint density at radius 1 is 1.50 bits per heavy atom. The fourth-order valence-corrected chi connectivity index (χ4v) is 2.93. The molecule has 2 rings (SSSR count). The van der Waals surface area contributed by atoms with Crippen LogP contribution in [0.1, 0.15) is 37.6 Å². The zero-order valence-corrected chi connectivity index (χ0v) is 12.9. The molecule has 0 aliphatic carbocycles. The molecule has 1 aliphatic heterocycles. The summed E-state index contributed by atoms with van der Waals surface area (Å²) in [5.41, 5.74) is 3.30. The van der Waals surface area contributed by atoms with E-state index >= 15 is 0 Å². The van der Waals surface area contributed by atoms with Gasteiger partial charge in [0.05, 0.1) is 24.0 Å². The first kappa shape index (κ1) is 15.1. The highest BCUT2D eigenvalue weighted by atomic mass is 32.1. The van der Waals surface area contributed by atoms with Crippen molar-refractivity contribution in [2.24, 2.45) is 0 Å². The van der Waals surface area contributed by atoms with Crippen molar-refractivity contribution in [1.82, 2.24) is 13.6 Å². The molecule has 20 heavy (non-hydrogen) atoms. The Balaban J connectivity index is 1.92. The Hall–Kier alpha value is -1.27. The smallest absolute Gasteiger partial charge is 0.305 e. The number of nitrogens with zero attached hydrogens (tertiary/aromatic N) is 3. The van der Waals surface area contributed by atoms with Crippen molar-refractivity contribution in [2.75, 3.05) is 26.7 Å². The third-order valence-electron chi connectivity index (χ3n) is 3.30. The van der Waals surface area contributed by atoms with Gasteiger partial charge in [-0.25, -0.2) is 0 Å². The monoisotopic (exact) mass is 295 g/mol. The summed E-state index contributed by atoms with van der Waals surface area (Å²) in [6, 6.07) is 0. The zero-order chi connectivity index (χ0) is 14.4. The van der Waals surface area contributed by atoms with E-state index in [1.54, 1.807) is 0 Å². The number of rotatable bonds is 6. The van der Waals surface area contributed by atoms with Crippen molar-refractivity contribution >= 4 is 23.3 Å². The highest BCUT2D eigenvalue weighted by Crippen LogP contribution is 2.23. The number of carbonyl (C=O) groups is 1. The molecule has 0 amide bonds. The van der Waals surface area contributed by atoms with Gasteiger partial charge in [0.2, 0.25) is 0 Å². The fourth-order valence-electron chi connectivity index (χ4n) is 2.31. The van der Waals surface area contributed by atoms with Gasteiger partial charge in [0.25, 0.3) is 0 Å². The van der Waals surface area contributed by atoms with E-state index in [-0.39, 0.29) is 5.97 Å². The molecule has 1 aromatic rings. The van der Waals surface area contributed by atoms with Crippen LogP contribution in [-0.4, -0.2) is 46.4 Å². The molecule has 0 saturated carbocycles. The van der Waals surface area contributed by atoms with Gasteiger partial charge >= 0.3 is 5.97 Å². The Labute approximate surface area is 124 Å². The van der Waals surface area contributed by atoms with E-state index in [0.717, 1.165) is 43.7 Å². The minimum Gasteiger partial charge on any atom is -0.466 e. The Bertz CT molecular complexity index is 485. The molecule has 2 heterocycles. The van der Waals surface area contributed by atoms with Crippen LogP contribution in [0.2, 0.25) is 0 Å². The molecule has 5 nitrogen and oxygen atoms in total. The van der Waals surface area contributed by atoms with E-state index in [9.17, 15) is 4.79 Å². The quantitative estimate of drug-likeness (QED) is 0.753. The molecule has 110 valence electrons. The van der Waals surface area contributed by atoms with Crippen molar-refractivity contribution in [2.45, 2.75) is 32.6 Å². The van der Waals surface area contributed by atoms with Gasteiger partial charge in [0.1, 0.15) is 5.69 Å². The maximum Gasteiger partial charge on any atom is 0.305 e. The number of aryl methyl sites for hydroxylation is 1. The van der Waals surface area contributed by atoms with Crippen LogP contribution in [0.25, 0.3) is 5.57 Å². The van der Waals surface area contributed by atoms with Gasteiger partial charge in [0, 0.05) is 19.5 Å². The summed E-state index contributed by atoms with van der Waals surface area (Å²) in [6.45, 7) is 4.30. The molecule has 0 radical (unpaired) electrons. The van der Waals surface area contributed by atoms with Crippen molar-refractivity contribution in [1.29, 1.82) is 0 Å². The second kappa shape index (κ2) is 7.50. The summed E-state index contributed by atoms with van der Waals surface area (Å²) >= 11 is 1.25. The minimum atomic E-state index is -0.131. The summed E-state index contributed by atoms with van der Waals surface area (Å²) in [5.74, 6) is -0.131. The van der Waals surface area contributed by atoms with Crippen LogP contribution in [0.5, 0.6) is 0 Å². The first-order valence-corrected chi connectivity index (χ1v) is 7.78. The van der Waals surface area contributed by atoms with E-state index in [1.165, 1.54) is 17.3 Å². The topological polar surface area (TPSA) is 55.3 Å². The molecule has 0 fully saturated rings. The number of aromatic nitrogens is 2. The third-order valence-corrected chi connectivity index (χ3v) is 3.87. The predicted molar refractivity (Wildman–Crippen MR) is 79.6 cm³/mol. The summed E-state index contributed by atoms with van der Waals surface area (Å²) in [4.78, 5) is 13.6. The second-order valence-electron chi connectivity index (χ2n) is 4.97. The van der Waals surface area contributed by atoms with Gasteiger partial charge in [-0.3, -0.25) is 4.79 Å². The van der Waals surface area contributed by atoms with Crippen molar-refractivity contribution < 1.29 is 9.53 Å². The summed E-state index contributed by atoms with van der Waals surface area (Å²) in [5, 5.41) is 0.